The molecule has 0 saturated heterocycles. The number of aliphatic hydroxyl groups excluding tert-OH is 1. The third-order valence-electron chi connectivity index (χ3n) is 3.83. The Hall–Kier alpha value is -1.73. The van der Waals surface area contributed by atoms with E-state index < -0.39 is 18.3 Å². The summed E-state index contributed by atoms with van der Waals surface area (Å²) in [7, 11) is 0. The molecule has 0 aliphatic heterocycles. The normalized spacial score (nSPS) is 15.0. The first-order chi connectivity index (χ1) is 12.2. The lowest BCUT2D eigenvalue weighted by atomic mass is 10.0. The van der Waals surface area contributed by atoms with Crippen LogP contribution in [0.4, 0.5) is 0 Å². The van der Waals surface area contributed by atoms with Crippen molar-refractivity contribution in [2.24, 2.45) is 0 Å². The van der Waals surface area contributed by atoms with E-state index in [0.29, 0.717) is 19.8 Å². The van der Waals surface area contributed by atoms with Gasteiger partial charge in [-0.1, -0.05) is 18.2 Å². The lowest BCUT2D eigenvalue weighted by Crippen LogP contribution is -2.39. The first-order valence-corrected chi connectivity index (χ1v) is 8.80. The van der Waals surface area contributed by atoms with E-state index in [4.69, 9.17) is 14.2 Å². The minimum absolute atomic E-state index is 0.206. The summed E-state index contributed by atoms with van der Waals surface area (Å²) < 4.78 is 18.8. The highest BCUT2D eigenvalue weighted by Crippen LogP contribution is 2.27. The van der Waals surface area contributed by atoms with Gasteiger partial charge in [0.1, 0.15) is 18.3 Å². The second kappa shape index (κ2) is 10.3. The van der Waals surface area contributed by atoms with E-state index in [1.165, 1.54) is 0 Å². The summed E-state index contributed by atoms with van der Waals surface area (Å²) in [6, 6.07) is 9.86. The molecule has 0 spiro atoms. The molecule has 138 valence electrons. The molecule has 1 N–H and O–H groups in total. The quantitative estimate of drug-likeness (QED) is 0.676. The van der Waals surface area contributed by atoms with E-state index >= 15 is 0 Å². The van der Waals surface area contributed by atoms with Crippen molar-refractivity contribution in [3.8, 4) is 5.69 Å². The van der Waals surface area contributed by atoms with Gasteiger partial charge in [-0.25, -0.2) is 4.68 Å². The van der Waals surface area contributed by atoms with Gasteiger partial charge in [-0.2, -0.15) is 5.10 Å². The molecule has 2 rings (SSSR count). The predicted octanol–water partition coefficient (Wildman–Crippen LogP) is 2.75. The third kappa shape index (κ3) is 5.37. The molecule has 3 atom stereocenters. The van der Waals surface area contributed by atoms with E-state index in [1.807, 2.05) is 57.3 Å². The molecule has 25 heavy (non-hydrogen) atoms. The SMILES string of the molecule is CCOC[C@@H](O)[C@@H](OCC)[C@H](OCC)c1cnn(-c2ccccc2)c1. The van der Waals surface area contributed by atoms with Crippen molar-refractivity contribution in [3.63, 3.8) is 0 Å². The summed E-state index contributed by atoms with van der Waals surface area (Å²) in [4.78, 5) is 0. The van der Waals surface area contributed by atoms with Gasteiger partial charge in [-0.15, -0.1) is 0 Å². The Labute approximate surface area is 149 Å². The van der Waals surface area contributed by atoms with Gasteiger partial charge in [0.15, 0.2) is 0 Å². The summed E-state index contributed by atoms with van der Waals surface area (Å²) in [5.41, 5.74) is 1.83. The first kappa shape index (κ1) is 19.6. The topological polar surface area (TPSA) is 65.7 Å². The molecular weight excluding hydrogens is 320 g/mol. The lowest BCUT2D eigenvalue weighted by Gasteiger charge is -2.30. The van der Waals surface area contributed by atoms with Crippen LogP contribution < -0.4 is 0 Å². The molecule has 0 saturated carbocycles. The molecule has 0 aliphatic rings. The Morgan fingerprint density at radius 1 is 1.04 bits per heavy atom. The standard InChI is InChI=1S/C19H28N2O4/c1-4-23-14-17(22)19(25-6-3)18(24-5-2)15-12-20-21(13-15)16-10-8-7-9-11-16/h7-13,17-19,22H,4-6,14H2,1-3H3/t17-,18-,19-/m1/s1. The van der Waals surface area contributed by atoms with E-state index in [1.54, 1.807) is 10.9 Å². The van der Waals surface area contributed by atoms with E-state index in [2.05, 4.69) is 5.10 Å². The number of aliphatic hydroxyl groups is 1. The van der Waals surface area contributed by atoms with Gasteiger partial charge in [0, 0.05) is 31.6 Å². The van der Waals surface area contributed by atoms with Gasteiger partial charge >= 0.3 is 0 Å². The summed E-state index contributed by atoms with van der Waals surface area (Å²) >= 11 is 0. The van der Waals surface area contributed by atoms with Gasteiger partial charge < -0.3 is 19.3 Å². The number of benzene rings is 1. The van der Waals surface area contributed by atoms with Crippen LogP contribution in [0.3, 0.4) is 0 Å². The van der Waals surface area contributed by atoms with Crippen LogP contribution in [0.25, 0.3) is 5.69 Å². The zero-order valence-corrected chi connectivity index (χ0v) is 15.2. The van der Waals surface area contributed by atoms with Crippen molar-refractivity contribution in [1.29, 1.82) is 0 Å². The van der Waals surface area contributed by atoms with Crippen molar-refractivity contribution >= 4 is 0 Å². The van der Waals surface area contributed by atoms with Crippen molar-refractivity contribution in [3.05, 3.63) is 48.3 Å². The number of nitrogens with zero attached hydrogens (tertiary/aromatic N) is 2. The monoisotopic (exact) mass is 348 g/mol. The Morgan fingerprint density at radius 3 is 2.40 bits per heavy atom. The highest BCUT2D eigenvalue weighted by molar-refractivity contribution is 5.31. The van der Waals surface area contributed by atoms with Crippen LogP contribution in [0.5, 0.6) is 0 Å². The van der Waals surface area contributed by atoms with Gasteiger partial charge in [0.2, 0.25) is 0 Å². The third-order valence-corrected chi connectivity index (χ3v) is 3.83. The summed E-state index contributed by atoms with van der Waals surface area (Å²) in [6.45, 7) is 7.45. The Bertz CT molecular complexity index is 602. The fourth-order valence-corrected chi connectivity index (χ4v) is 2.69. The van der Waals surface area contributed by atoms with Crippen LogP contribution in [0.15, 0.2) is 42.7 Å². The van der Waals surface area contributed by atoms with Gasteiger partial charge in [0.05, 0.1) is 18.5 Å². The number of aromatic nitrogens is 2. The van der Waals surface area contributed by atoms with Crippen LogP contribution >= 0.6 is 0 Å². The maximum absolute atomic E-state index is 10.5. The number of hydrogen-bond donors (Lipinski definition) is 1. The largest absolute Gasteiger partial charge is 0.388 e. The fraction of sp³-hybridized carbons (Fsp3) is 0.526. The Balaban J connectivity index is 2.24. The number of para-hydroxylation sites is 1. The molecule has 0 amide bonds. The van der Waals surface area contributed by atoms with Crippen LogP contribution in [0.1, 0.15) is 32.4 Å². The summed E-state index contributed by atoms with van der Waals surface area (Å²) in [6.07, 6.45) is 1.95. The van der Waals surface area contributed by atoms with E-state index in [0.717, 1.165) is 11.3 Å². The Kier molecular flexibility index (Phi) is 8.08. The molecule has 0 bridgehead atoms. The highest BCUT2D eigenvalue weighted by atomic mass is 16.6. The average Bonchev–Trinajstić information content (AvgIpc) is 3.13. The zero-order valence-electron chi connectivity index (χ0n) is 15.2. The summed E-state index contributed by atoms with van der Waals surface area (Å²) in [5.74, 6) is 0. The summed E-state index contributed by atoms with van der Waals surface area (Å²) in [5, 5.41) is 14.9. The predicted molar refractivity (Wildman–Crippen MR) is 95.8 cm³/mol. The van der Waals surface area contributed by atoms with Gasteiger partial charge in [-0.05, 0) is 32.9 Å². The molecule has 1 heterocycles. The van der Waals surface area contributed by atoms with E-state index in [9.17, 15) is 5.11 Å². The second-order valence-corrected chi connectivity index (χ2v) is 5.58. The lowest BCUT2D eigenvalue weighted by molar-refractivity contribution is -0.135. The maximum atomic E-state index is 10.5. The fourth-order valence-electron chi connectivity index (χ4n) is 2.69. The van der Waals surface area contributed by atoms with Crippen molar-refractivity contribution in [2.45, 2.75) is 39.1 Å². The number of ether oxygens (including phenoxy) is 3. The Morgan fingerprint density at radius 2 is 1.76 bits per heavy atom. The molecule has 0 radical (unpaired) electrons. The van der Waals surface area contributed by atoms with Gasteiger partial charge in [0.25, 0.3) is 0 Å². The van der Waals surface area contributed by atoms with Crippen LogP contribution in [-0.4, -0.2) is 53.5 Å². The highest BCUT2D eigenvalue weighted by Gasteiger charge is 2.32. The molecule has 0 unspecified atom stereocenters. The van der Waals surface area contributed by atoms with Crippen LogP contribution in [0, 0.1) is 0 Å². The molecule has 2 aromatic rings. The van der Waals surface area contributed by atoms with Crippen LogP contribution in [0.2, 0.25) is 0 Å². The minimum atomic E-state index is -0.781. The number of rotatable bonds is 11. The van der Waals surface area contributed by atoms with E-state index in [-0.39, 0.29) is 6.61 Å². The smallest absolute Gasteiger partial charge is 0.116 e. The minimum Gasteiger partial charge on any atom is -0.388 e. The molecule has 6 nitrogen and oxygen atoms in total. The molecular formula is C19H28N2O4. The molecule has 6 heteroatoms. The maximum Gasteiger partial charge on any atom is 0.116 e. The molecule has 0 aliphatic carbocycles. The van der Waals surface area contributed by atoms with Crippen molar-refractivity contribution < 1.29 is 19.3 Å². The molecule has 0 fully saturated rings. The molecule has 1 aromatic carbocycles. The van der Waals surface area contributed by atoms with Crippen molar-refractivity contribution in [2.75, 3.05) is 26.4 Å². The second-order valence-electron chi connectivity index (χ2n) is 5.58. The average molecular weight is 348 g/mol. The molecule has 1 aromatic heterocycles. The van der Waals surface area contributed by atoms with Gasteiger partial charge in [-0.3, -0.25) is 0 Å². The number of hydrogen-bond acceptors (Lipinski definition) is 5. The first-order valence-electron chi connectivity index (χ1n) is 8.80. The zero-order chi connectivity index (χ0) is 18.1. The van der Waals surface area contributed by atoms with Crippen molar-refractivity contribution in [1.82, 2.24) is 9.78 Å². The van der Waals surface area contributed by atoms with Crippen LogP contribution in [-0.2, 0) is 14.2 Å².